The molecule has 0 aliphatic heterocycles. The highest BCUT2D eigenvalue weighted by atomic mass is 35.5. The average Bonchev–Trinajstić information content (AvgIpc) is 3.24. The minimum Gasteiger partial charge on any atom is -0.350 e. The molecule has 0 unspecified atom stereocenters. The number of carbonyl (C=O) groups excluding carboxylic acids is 1. The number of aromatic nitrogens is 2. The smallest absolute Gasteiger partial charge is 0.270 e. The van der Waals surface area contributed by atoms with Crippen molar-refractivity contribution in [3.05, 3.63) is 105 Å². The summed E-state index contributed by atoms with van der Waals surface area (Å²) < 4.78 is 1.62. The molecule has 4 aromatic rings. The van der Waals surface area contributed by atoms with Crippen molar-refractivity contribution in [2.45, 2.75) is 20.3 Å². The molecule has 0 radical (unpaired) electrons. The second-order valence-corrected chi connectivity index (χ2v) is 8.53. The zero-order chi connectivity index (χ0) is 22.7. The van der Waals surface area contributed by atoms with Gasteiger partial charge in [-0.25, -0.2) is 4.68 Å². The van der Waals surface area contributed by atoms with E-state index in [1.807, 2.05) is 42.5 Å². The Kier molecular flexibility index (Phi) is 6.63. The fourth-order valence-electron chi connectivity index (χ4n) is 3.45. The molecule has 0 bridgehead atoms. The van der Waals surface area contributed by atoms with Crippen molar-refractivity contribution in [2.24, 2.45) is 0 Å². The van der Waals surface area contributed by atoms with Crippen molar-refractivity contribution in [1.29, 1.82) is 0 Å². The van der Waals surface area contributed by atoms with Crippen molar-refractivity contribution < 1.29 is 4.79 Å². The summed E-state index contributed by atoms with van der Waals surface area (Å²) in [4.78, 5) is 13.1. The summed E-state index contributed by atoms with van der Waals surface area (Å²) in [5, 5.41) is 8.60. The molecular weight excluding hydrogens is 441 g/mol. The van der Waals surface area contributed by atoms with E-state index in [-0.39, 0.29) is 5.91 Å². The first-order valence-corrected chi connectivity index (χ1v) is 11.1. The predicted octanol–water partition coefficient (Wildman–Crippen LogP) is 6.44. The molecule has 32 heavy (non-hydrogen) atoms. The Balaban J connectivity index is 1.66. The van der Waals surface area contributed by atoms with Crippen LogP contribution in [0.25, 0.3) is 16.9 Å². The van der Waals surface area contributed by atoms with E-state index in [4.69, 9.17) is 28.3 Å². The van der Waals surface area contributed by atoms with Crippen molar-refractivity contribution in [2.75, 3.05) is 6.54 Å². The first kappa shape index (κ1) is 22.1. The second kappa shape index (κ2) is 9.60. The third-order valence-corrected chi connectivity index (χ3v) is 6.17. The van der Waals surface area contributed by atoms with E-state index in [1.165, 1.54) is 16.7 Å². The lowest BCUT2D eigenvalue weighted by Crippen LogP contribution is -2.27. The Morgan fingerprint density at radius 1 is 0.906 bits per heavy atom. The quantitative estimate of drug-likeness (QED) is 0.357. The maximum absolute atomic E-state index is 13.1. The highest BCUT2D eigenvalue weighted by Crippen LogP contribution is 2.28. The maximum Gasteiger partial charge on any atom is 0.270 e. The van der Waals surface area contributed by atoms with Gasteiger partial charge >= 0.3 is 0 Å². The number of amides is 1. The molecule has 0 atom stereocenters. The highest BCUT2D eigenvalue weighted by molar-refractivity contribution is 6.42. The summed E-state index contributed by atoms with van der Waals surface area (Å²) in [5.41, 5.74) is 6.31. The number of nitrogens with zero attached hydrogens (tertiary/aromatic N) is 2. The number of carbonyl (C=O) groups is 1. The molecule has 0 saturated heterocycles. The molecule has 0 spiro atoms. The zero-order valence-corrected chi connectivity index (χ0v) is 19.4. The monoisotopic (exact) mass is 463 g/mol. The number of rotatable bonds is 6. The van der Waals surface area contributed by atoms with Crippen LogP contribution in [0.15, 0.2) is 72.8 Å². The fraction of sp³-hybridized carbons (Fsp3) is 0.154. The molecular formula is C26H23Cl2N3O. The van der Waals surface area contributed by atoms with Crippen molar-refractivity contribution in [1.82, 2.24) is 15.1 Å². The lowest BCUT2D eigenvalue weighted by Gasteiger charge is -2.09. The first-order valence-electron chi connectivity index (χ1n) is 10.4. The minimum absolute atomic E-state index is 0.199. The van der Waals surface area contributed by atoms with Crippen molar-refractivity contribution in [3.63, 3.8) is 0 Å². The van der Waals surface area contributed by atoms with Crippen LogP contribution in [0.4, 0.5) is 0 Å². The van der Waals surface area contributed by atoms with Crippen LogP contribution >= 0.6 is 23.2 Å². The third kappa shape index (κ3) is 4.87. The van der Waals surface area contributed by atoms with E-state index in [0.29, 0.717) is 33.7 Å². The summed E-state index contributed by atoms with van der Waals surface area (Å²) in [7, 11) is 0. The Labute approximate surface area is 197 Å². The standard InChI is InChI=1S/C26H23Cl2N3O/c1-17-8-9-20(14-18(17)2)24-16-25(26(32)29-13-12-19-6-4-3-5-7-19)31(30-24)21-10-11-22(27)23(28)15-21/h3-11,14-16H,12-13H2,1-2H3,(H,29,32). The van der Waals surface area contributed by atoms with Crippen molar-refractivity contribution >= 4 is 29.1 Å². The van der Waals surface area contributed by atoms with E-state index < -0.39 is 0 Å². The van der Waals surface area contributed by atoms with E-state index in [0.717, 1.165) is 12.0 Å². The molecule has 0 aliphatic carbocycles. The third-order valence-electron chi connectivity index (χ3n) is 5.43. The van der Waals surface area contributed by atoms with Gasteiger partial charge in [-0.3, -0.25) is 4.79 Å². The largest absolute Gasteiger partial charge is 0.350 e. The maximum atomic E-state index is 13.1. The van der Waals surface area contributed by atoms with Crippen LogP contribution in [0, 0.1) is 13.8 Å². The van der Waals surface area contributed by atoms with Gasteiger partial charge < -0.3 is 5.32 Å². The zero-order valence-electron chi connectivity index (χ0n) is 17.9. The Morgan fingerprint density at radius 3 is 2.41 bits per heavy atom. The molecule has 0 saturated carbocycles. The van der Waals surface area contributed by atoms with Gasteiger partial charge in [0.1, 0.15) is 5.69 Å². The van der Waals surface area contributed by atoms with E-state index >= 15 is 0 Å². The fourth-order valence-corrected chi connectivity index (χ4v) is 3.75. The number of hydrogen-bond donors (Lipinski definition) is 1. The Bertz CT molecular complexity index is 1270. The molecule has 4 rings (SSSR count). The van der Waals surface area contributed by atoms with E-state index in [1.54, 1.807) is 22.9 Å². The van der Waals surface area contributed by atoms with Gasteiger partial charge in [0, 0.05) is 12.1 Å². The first-order chi connectivity index (χ1) is 15.4. The molecule has 1 heterocycles. The van der Waals surface area contributed by atoms with Crippen LogP contribution in [0.2, 0.25) is 10.0 Å². The van der Waals surface area contributed by atoms with Gasteiger partial charge in [-0.1, -0.05) is 65.7 Å². The van der Waals surface area contributed by atoms with Gasteiger partial charge in [-0.2, -0.15) is 5.10 Å². The molecule has 1 amide bonds. The summed E-state index contributed by atoms with van der Waals surface area (Å²) >= 11 is 12.3. The van der Waals surface area contributed by atoms with Crippen molar-refractivity contribution in [3.8, 4) is 16.9 Å². The number of benzene rings is 3. The van der Waals surface area contributed by atoms with Crippen LogP contribution in [0.3, 0.4) is 0 Å². The summed E-state index contributed by atoms with van der Waals surface area (Å²) in [6.45, 7) is 4.65. The van der Waals surface area contributed by atoms with Gasteiger partial charge in [-0.15, -0.1) is 0 Å². The molecule has 6 heteroatoms. The van der Waals surface area contributed by atoms with E-state index in [9.17, 15) is 4.79 Å². The van der Waals surface area contributed by atoms with Crippen LogP contribution in [0.5, 0.6) is 0 Å². The number of hydrogen-bond acceptors (Lipinski definition) is 2. The van der Waals surface area contributed by atoms with Gasteiger partial charge in [0.05, 0.1) is 21.4 Å². The SMILES string of the molecule is Cc1ccc(-c2cc(C(=O)NCCc3ccccc3)n(-c3ccc(Cl)c(Cl)c3)n2)cc1C. The number of nitrogens with one attached hydrogen (secondary N) is 1. The van der Waals surface area contributed by atoms with Gasteiger partial charge in [0.15, 0.2) is 0 Å². The van der Waals surface area contributed by atoms with Gasteiger partial charge in [0.2, 0.25) is 0 Å². The van der Waals surface area contributed by atoms with Gasteiger partial charge in [0.25, 0.3) is 5.91 Å². The number of aryl methyl sites for hydroxylation is 2. The summed E-state index contributed by atoms with van der Waals surface area (Å²) in [6.07, 6.45) is 0.748. The lowest BCUT2D eigenvalue weighted by molar-refractivity contribution is 0.0946. The summed E-state index contributed by atoms with van der Waals surface area (Å²) in [5.74, 6) is -0.199. The van der Waals surface area contributed by atoms with Crippen LogP contribution in [-0.4, -0.2) is 22.2 Å². The Morgan fingerprint density at radius 2 is 1.69 bits per heavy atom. The Hall–Kier alpha value is -3.08. The van der Waals surface area contributed by atoms with Crippen LogP contribution in [0.1, 0.15) is 27.2 Å². The van der Waals surface area contributed by atoms with Gasteiger partial charge in [-0.05, 0) is 67.3 Å². The topological polar surface area (TPSA) is 46.9 Å². The number of halogens is 2. The highest BCUT2D eigenvalue weighted by Gasteiger charge is 2.18. The normalized spacial score (nSPS) is 10.9. The minimum atomic E-state index is -0.199. The average molecular weight is 464 g/mol. The van der Waals surface area contributed by atoms with E-state index in [2.05, 4.69) is 31.3 Å². The van der Waals surface area contributed by atoms with Crippen LogP contribution in [-0.2, 0) is 6.42 Å². The molecule has 0 fully saturated rings. The molecule has 1 aromatic heterocycles. The molecule has 3 aromatic carbocycles. The molecule has 162 valence electrons. The molecule has 4 nitrogen and oxygen atoms in total. The lowest BCUT2D eigenvalue weighted by atomic mass is 10.0. The molecule has 1 N–H and O–H groups in total. The van der Waals surface area contributed by atoms with Crippen LogP contribution < -0.4 is 5.32 Å². The second-order valence-electron chi connectivity index (χ2n) is 7.72. The predicted molar refractivity (Wildman–Crippen MR) is 131 cm³/mol. The summed E-state index contributed by atoms with van der Waals surface area (Å²) in [6, 6.07) is 23.2. The molecule has 0 aliphatic rings.